The van der Waals surface area contributed by atoms with Crippen molar-refractivity contribution >= 4 is 27.6 Å². The number of anilines is 1. The van der Waals surface area contributed by atoms with E-state index in [2.05, 4.69) is 5.32 Å². The Balaban J connectivity index is 1.27. The highest BCUT2D eigenvalue weighted by molar-refractivity contribution is 7.89. The topological polar surface area (TPSA) is 111 Å². The summed E-state index contributed by atoms with van der Waals surface area (Å²) >= 11 is 0. The molecule has 1 unspecified atom stereocenters. The third kappa shape index (κ3) is 5.03. The summed E-state index contributed by atoms with van der Waals surface area (Å²) in [6.45, 7) is 0.527. The maximum atomic E-state index is 12.7. The number of para-hydroxylation sites is 2. The first-order valence-electron chi connectivity index (χ1n) is 10.4. The molecule has 170 valence electrons. The van der Waals surface area contributed by atoms with Crippen molar-refractivity contribution in [3.63, 3.8) is 0 Å². The van der Waals surface area contributed by atoms with Crippen LogP contribution in [-0.4, -0.2) is 57.0 Å². The number of amides is 1. The van der Waals surface area contributed by atoms with Crippen LogP contribution in [0, 0.1) is 0 Å². The van der Waals surface area contributed by atoms with Crippen molar-refractivity contribution in [2.45, 2.75) is 30.3 Å². The van der Waals surface area contributed by atoms with Gasteiger partial charge in [-0.2, -0.15) is 4.31 Å². The Morgan fingerprint density at radius 3 is 2.41 bits per heavy atom. The number of hydrogen-bond acceptors (Lipinski definition) is 7. The van der Waals surface area contributed by atoms with Crippen molar-refractivity contribution in [1.29, 1.82) is 0 Å². The molecule has 0 aliphatic carbocycles. The van der Waals surface area contributed by atoms with Crippen LogP contribution >= 0.6 is 0 Å². The van der Waals surface area contributed by atoms with Crippen LogP contribution in [0.15, 0.2) is 53.4 Å². The molecule has 2 heterocycles. The zero-order chi connectivity index (χ0) is 22.6. The van der Waals surface area contributed by atoms with E-state index < -0.39 is 34.6 Å². The molecular weight excluding hydrogens is 436 g/mol. The number of piperidine rings is 1. The molecule has 0 saturated carbocycles. The SMILES string of the molecule is O=C(COC(=O)C1COc2ccccc2O1)Nc1ccc(S(=O)(=O)N2CCCCC2)cc1. The van der Waals surface area contributed by atoms with Gasteiger partial charge in [0.2, 0.25) is 16.1 Å². The highest BCUT2D eigenvalue weighted by atomic mass is 32.2. The van der Waals surface area contributed by atoms with Gasteiger partial charge in [0.25, 0.3) is 5.91 Å². The number of fused-ring (bicyclic) bond motifs is 1. The molecule has 2 aromatic carbocycles. The van der Waals surface area contributed by atoms with Crippen LogP contribution in [0.25, 0.3) is 0 Å². The van der Waals surface area contributed by atoms with E-state index in [4.69, 9.17) is 14.2 Å². The van der Waals surface area contributed by atoms with Crippen LogP contribution in [0.5, 0.6) is 11.5 Å². The Morgan fingerprint density at radius 2 is 1.69 bits per heavy atom. The second-order valence-electron chi connectivity index (χ2n) is 7.51. The molecule has 1 saturated heterocycles. The van der Waals surface area contributed by atoms with Crippen LogP contribution in [0.2, 0.25) is 0 Å². The Kier molecular flexibility index (Phi) is 6.61. The standard InChI is InChI=1S/C22H24N2O7S/c25-21(15-30-22(26)20-14-29-18-6-2-3-7-19(18)31-20)23-16-8-10-17(11-9-16)32(27,28)24-12-4-1-5-13-24/h2-3,6-11,20H,1,4-5,12-15H2,(H,23,25). The maximum absolute atomic E-state index is 12.7. The predicted molar refractivity (Wildman–Crippen MR) is 115 cm³/mol. The molecule has 2 aromatic rings. The van der Waals surface area contributed by atoms with E-state index in [1.54, 1.807) is 24.3 Å². The summed E-state index contributed by atoms with van der Waals surface area (Å²) in [6.07, 6.45) is 1.79. The Labute approximate surface area is 186 Å². The lowest BCUT2D eigenvalue weighted by Gasteiger charge is -2.25. The number of nitrogens with one attached hydrogen (secondary N) is 1. The first kappa shape index (κ1) is 22.1. The van der Waals surface area contributed by atoms with Crippen molar-refractivity contribution in [2.24, 2.45) is 0 Å². The number of carbonyl (C=O) groups is 2. The van der Waals surface area contributed by atoms with E-state index in [-0.39, 0.29) is 11.5 Å². The fourth-order valence-corrected chi connectivity index (χ4v) is 5.04. The molecule has 1 atom stereocenters. The van der Waals surface area contributed by atoms with Crippen LogP contribution < -0.4 is 14.8 Å². The molecular formula is C22H24N2O7S. The molecule has 2 aliphatic rings. The second-order valence-corrected chi connectivity index (χ2v) is 9.45. The van der Waals surface area contributed by atoms with E-state index in [0.29, 0.717) is 30.3 Å². The van der Waals surface area contributed by atoms with Gasteiger partial charge < -0.3 is 19.5 Å². The number of esters is 1. The van der Waals surface area contributed by atoms with Gasteiger partial charge in [-0.1, -0.05) is 18.6 Å². The van der Waals surface area contributed by atoms with E-state index in [0.717, 1.165) is 19.3 Å². The van der Waals surface area contributed by atoms with Gasteiger partial charge in [0.05, 0.1) is 4.90 Å². The summed E-state index contributed by atoms with van der Waals surface area (Å²) in [5, 5.41) is 2.58. The third-order valence-electron chi connectivity index (χ3n) is 5.21. The Bertz CT molecular complexity index is 1080. The van der Waals surface area contributed by atoms with Gasteiger partial charge in [0, 0.05) is 18.8 Å². The van der Waals surface area contributed by atoms with E-state index in [9.17, 15) is 18.0 Å². The quantitative estimate of drug-likeness (QED) is 0.658. The summed E-state index contributed by atoms with van der Waals surface area (Å²) in [4.78, 5) is 24.5. The van der Waals surface area contributed by atoms with Crippen molar-refractivity contribution in [3.8, 4) is 11.5 Å². The zero-order valence-electron chi connectivity index (χ0n) is 17.4. The van der Waals surface area contributed by atoms with E-state index >= 15 is 0 Å². The minimum Gasteiger partial charge on any atom is -0.485 e. The van der Waals surface area contributed by atoms with Gasteiger partial charge >= 0.3 is 5.97 Å². The summed E-state index contributed by atoms with van der Waals surface area (Å²) < 4.78 is 42.9. The van der Waals surface area contributed by atoms with Gasteiger partial charge in [-0.05, 0) is 49.2 Å². The first-order chi connectivity index (χ1) is 15.4. The number of sulfonamides is 1. The van der Waals surface area contributed by atoms with Crippen LogP contribution in [0.4, 0.5) is 5.69 Å². The lowest BCUT2D eigenvalue weighted by Crippen LogP contribution is -2.39. The summed E-state index contributed by atoms with van der Waals surface area (Å²) in [5.74, 6) is -0.287. The van der Waals surface area contributed by atoms with Crippen molar-refractivity contribution in [1.82, 2.24) is 4.31 Å². The molecule has 9 nitrogen and oxygen atoms in total. The number of carbonyl (C=O) groups excluding carboxylic acids is 2. The lowest BCUT2D eigenvalue weighted by molar-refractivity contribution is -0.156. The minimum atomic E-state index is -3.54. The van der Waals surface area contributed by atoms with Crippen LogP contribution in [0.1, 0.15) is 19.3 Å². The highest BCUT2D eigenvalue weighted by Crippen LogP contribution is 2.31. The normalized spacial score (nSPS) is 18.6. The Hall–Kier alpha value is -3.11. The van der Waals surface area contributed by atoms with Crippen molar-refractivity contribution in [3.05, 3.63) is 48.5 Å². The van der Waals surface area contributed by atoms with Gasteiger partial charge in [0.15, 0.2) is 18.1 Å². The minimum absolute atomic E-state index is 0.00950. The second kappa shape index (κ2) is 9.58. The van der Waals surface area contributed by atoms with Gasteiger partial charge in [0.1, 0.15) is 6.61 Å². The first-order valence-corrected chi connectivity index (χ1v) is 11.8. The van der Waals surface area contributed by atoms with Crippen molar-refractivity contribution in [2.75, 3.05) is 31.6 Å². The highest BCUT2D eigenvalue weighted by Gasteiger charge is 2.29. The summed E-state index contributed by atoms with van der Waals surface area (Å²) in [6, 6.07) is 12.9. The van der Waals surface area contributed by atoms with Gasteiger partial charge in [-0.15, -0.1) is 0 Å². The summed E-state index contributed by atoms with van der Waals surface area (Å²) in [7, 11) is -3.54. The fourth-order valence-electron chi connectivity index (χ4n) is 3.53. The Morgan fingerprint density at radius 1 is 1.00 bits per heavy atom. The third-order valence-corrected chi connectivity index (χ3v) is 7.12. The van der Waals surface area contributed by atoms with Gasteiger partial charge in [-0.25, -0.2) is 13.2 Å². The molecule has 0 bridgehead atoms. The molecule has 0 radical (unpaired) electrons. The smallest absolute Gasteiger partial charge is 0.351 e. The lowest BCUT2D eigenvalue weighted by atomic mass is 10.2. The molecule has 1 fully saturated rings. The van der Waals surface area contributed by atoms with Crippen LogP contribution in [0.3, 0.4) is 0 Å². The average molecular weight is 461 g/mol. The maximum Gasteiger partial charge on any atom is 0.351 e. The van der Waals surface area contributed by atoms with Crippen LogP contribution in [-0.2, 0) is 24.3 Å². The molecule has 0 aromatic heterocycles. The molecule has 4 rings (SSSR count). The molecule has 2 aliphatic heterocycles. The zero-order valence-corrected chi connectivity index (χ0v) is 18.2. The molecule has 10 heteroatoms. The van der Waals surface area contributed by atoms with E-state index in [1.807, 2.05) is 0 Å². The largest absolute Gasteiger partial charge is 0.485 e. The van der Waals surface area contributed by atoms with Crippen molar-refractivity contribution < 1.29 is 32.2 Å². The van der Waals surface area contributed by atoms with E-state index in [1.165, 1.54) is 28.6 Å². The monoisotopic (exact) mass is 460 g/mol. The summed E-state index contributed by atoms with van der Waals surface area (Å²) in [5.41, 5.74) is 0.398. The molecule has 0 spiro atoms. The predicted octanol–water partition coefficient (Wildman–Crippen LogP) is 2.18. The average Bonchev–Trinajstić information content (AvgIpc) is 2.83. The molecule has 1 amide bonds. The molecule has 1 N–H and O–H groups in total. The fraction of sp³-hybridized carbons (Fsp3) is 0.364. The van der Waals surface area contributed by atoms with Gasteiger partial charge in [-0.3, -0.25) is 4.79 Å². The number of benzene rings is 2. The number of nitrogens with zero attached hydrogens (tertiary/aromatic N) is 1. The number of rotatable bonds is 6. The molecule has 32 heavy (non-hydrogen) atoms. The number of hydrogen-bond donors (Lipinski definition) is 1. The number of ether oxygens (including phenoxy) is 3.